The largest absolute Gasteiger partial charge is 0.295 e. The summed E-state index contributed by atoms with van der Waals surface area (Å²) < 4.78 is 22.0. The number of hydrogen-bond acceptors (Lipinski definition) is 6. The van der Waals surface area contributed by atoms with Gasteiger partial charge in [0, 0.05) is 29.6 Å². The molecule has 0 radical (unpaired) electrons. The van der Waals surface area contributed by atoms with Crippen molar-refractivity contribution in [1.29, 1.82) is 5.26 Å². The Morgan fingerprint density at radius 3 is 2.95 bits per heavy atom. The lowest BCUT2D eigenvalue weighted by atomic mass is 10.1. The third-order valence-electron chi connectivity index (χ3n) is 2.71. The first-order valence-corrected chi connectivity index (χ1v) is 7.81. The fourth-order valence-corrected chi connectivity index (χ4v) is 3.32. The summed E-state index contributed by atoms with van der Waals surface area (Å²) in [5, 5.41) is 8.93. The van der Waals surface area contributed by atoms with Crippen molar-refractivity contribution in [3.05, 3.63) is 18.1 Å². The molecule has 0 aliphatic carbocycles. The summed E-state index contributed by atoms with van der Waals surface area (Å²) in [4.78, 5) is 20.8. The highest BCUT2D eigenvalue weighted by Gasteiger charge is 2.34. The summed E-state index contributed by atoms with van der Waals surface area (Å²) in [6, 6.07) is 1.89. The standard InChI is InChI=1S/C10H9ClN4O3S/c11-19(17,18)5-7-1-9(16)15(4-7)10-8(2-12)3-13-6-14-10/h3,6-7H,1,4-5H2. The highest BCUT2D eigenvalue weighted by Crippen LogP contribution is 2.26. The summed E-state index contributed by atoms with van der Waals surface area (Å²) >= 11 is 0. The van der Waals surface area contributed by atoms with Crippen LogP contribution in [-0.4, -0.2) is 36.6 Å². The molecule has 2 heterocycles. The minimum atomic E-state index is -3.66. The molecule has 1 amide bonds. The molecule has 1 aromatic rings. The van der Waals surface area contributed by atoms with Gasteiger partial charge in [0.15, 0.2) is 5.82 Å². The zero-order valence-electron chi connectivity index (χ0n) is 9.65. The molecular weight excluding hydrogens is 292 g/mol. The van der Waals surface area contributed by atoms with E-state index in [9.17, 15) is 13.2 Å². The van der Waals surface area contributed by atoms with Gasteiger partial charge < -0.3 is 0 Å². The van der Waals surface area contributed by atoms with Gasteiger partial charge in [-0.3, -0.25) is 9.69 Å². The van der Waals surface area contributed by atoms with Crippen molar-refractivity contribution in [2.75, 3.05) is 17.2 Å². The molecule has 1 atom stereocenters. The quantitative estimate of drug-likeness (QED) is 0.742. The van der Waals surface area contributed by atoms with E-state index in [0.29, 0.717) is 0 Å². The molecule has 0 saturated carbocycles. The van der Waals surface area contributed by atoms with Gasteiger partial charge in [0.1, 0.15) is 18.0 Å². The van der Waals surface area contributed by atoms with Crippen LogP contribution in [0.2, 0.25) is 0 Å². The van der Waals surface area contributed by atoms with E-state index in [-0.39, 0.29) is 36.0 Å². The van der Waals surface area contributed by atoms with E-state index in [1.54, 1.807) is 0 Å². The molecule has 1 fully saturated rings. The van der Waals surface area contributed by atoms with Crippen LogP contribution in [0.4, 0.5) is 5.82 Å². The Bertz CT molecular complexity index is 655. The predicted octanol–water partition coefficient (Wildman–Crippen LogP) is 0.270. The number of aromatic nitrogens is 2. The second-order valence-electron chi connectivity index (χ2n) is 4.15. The second-order valence-corrected chi connectivity index (χ2v) is 6.97. The highest BCUT2D eigenvalue weighted by atomic mass is 35.7. The van der Waals surface area contributed by atoms with Gasteiger partial charge in [-0.1, -0.05) is 0 Å². The number of nitriles is 1. The zero-order valence-corrected chi connectivity index (χ0v) is 11.2. The number of halogens is 1. The first-order valence-electron chi connectivity index (χ1n) is 5.33. The number of amides is 1. The maximum Gasteiger partial charge on any atom is 0.232 e. The van der Waals surface area contributed by atoms with Crippen LogP contribution in [0.25, 0.3) is 0 Å². The summed E-state index contributed by atoms with van der Waals surface area (Å²) in [5.74, 6) is -0.738. The highest BCUT2D eigenvalue weighted by molar-refractivity contribution is 8.13. The molecule has 1 aliphatic heterocycles. The molecule has 19 heavy (non-hydrogen) atoms. The van der Waals surface area contributed by atoms with Crippen molar-refractivity contribution in [2.45, 2.75) is 6.42 Å². The molecule has 2 rings (SSSR count). The van der Waals surface area contributed by atoms with Crippen LogP contribution in [0.5, 0.6) is 0 Å². The van der Waals surface area contributed by atoms with E-state index < -0.39 is 15.0 Å². The van der Waals surface area contributed by atoms with Crippen molar-refractivity contribution in [3.63, 3.8) is 0 Å². The topological polar surface area (TPSA) is 104 Å². The summed E-state index contributed by atoms with van der Waals surface area (Å²) in [6.45, 7) is 0.177. The minimum Gasteiger partial charge on any atom is -0.295 e. The molecule has 1 aliphatic rings. The lowest BCUT2D eigenvalue weighted by Crippen LogP contribution is -2.27. The van der Waals surface area contributed by atoms with Gasteiger partial charge in [0.25, 0.3) is 0 Å². The van der Waals surface area contributed by atoms with E-state index >= 15 is 0 Å². The van der Waals surface area contributed by atoms with Gasteiger partial charge in [-0.05, 0) is 0 Å². The van der Waals surface area contributed by atoms with Gasteiger partial charge in [0.2, 0.25) is 15.0 Å². The Labute approximate surface area is 114 Å². The normalized spacial score (nSPS) is 19.5. The van der Waals surface area contributed by atoms with Gasteiger partial charge in [0.05, 0.1) is 11.9 Å². The fraction of sp³-hybridized carbons (Fsp3) is 0.400. The Morgan fingerprint density at radius 1 is 1.58 bits per heavy atom. The molecule has 0 aromatic carbocycles. The van der Waals surface area contributed by atoms with E-state index in [2.05, 4.69) is 9.97 Å². The first kappa shape index (κ1) is 13.7. The number of carbonyl (C=O) groups excluding carboxylic acids is 1. The monoisotopic (exact) mass is 300 g/mol. The van der Waals surface area contributed by atoms with Crippen LogP contribution in [0, 0.1) is 17.2 Å². The van der Waals surface area contributed by atoms with Crippen LogP contribution in [0.1, 0.15) is 12.0 Å². The number of carbonyl (C=O) groups is 1. The van der Waals surface area contributed by atoms with E-state index in [1.165, 1.54) is 17.4 Å². The van der Waals surface area contributed by atoms with Crippen LogP contribution in [-0.2, 0) is 13.8 Å². The lowest BCUT2D eigenvalue weighted by Gasteiger charge is -2.15. The van der Waals surface area contributed by atoms with Gasteiger partial charge in [-0.25, -0.2) is 18.4 Å². The molecule has 1 aromatic heterocycles. The summed E-state index contributed by atoms with van der Waals surface area (Å²) in [7, 11) is 1.52. The van der Waals surface area contributed by atoms with Crippen molar-refractivity contribution in [1.82, 2.24) is 9.97 Å². The van der Waals surface area contributed by atoms with Crippen molar-refractivity contribution >= 4 is 31.5 Å². The van der Waals surface area contributed by atoms with E-state index in [0.717, 1.165) is 0 Å². The van der Waals surface area contributed by atoms with Crippen molar-refractivity contribution < 1.29 is 13.2 Å². The fourth-order valence-electron chi connectivity index (χ4n) is 2.00. The number of nitrogens with zero attached hydrogens (tertiary/aromatic N) is 4. The van der Waals surface area contributed by atoms with Crippen LogP contribution < -0.4 is 4.90 Å². The van der Waals surface area contributed by atoms with Gasteiger partial charge in [-0.2, -0.15) is 5.26 Å². The van der Waals surface area contributed by atoms with Crippen molar-refractivity contribution in [3.8, 4) is 6.07 Å². The SMILES string of the molecule is N#Cc1cncnc1N1CC(CS(=O)(=O)Cl)CC1=O. The van der Waals surface area contributed by atoms with Gasteiger partial charge in [-0.15, -0.1) is 0 Å². The molecule has 1 saturated heterocycles. The molecule has 1 unspecified atom stereocenters. The van der Waals surface area contributed by atoms with Crippen molar-refractivity contribution in [2.24, 2.45) is 5.92 Å². The molecule has 7 nitrogen and oxygen atoms in total. The zero-order chi connectivity index (χ0) is 14.0. The smallest absolute Gasteiger partial charge is 0.232 e. The average Bonchev–Trinajstić information content (AvgIpc) is 2.67. The average molecular weight is 301 g/mol. The van der Waals surface area contributed by atoms with Crippen LogP contribution >= 0.6 is 10.7 Å². The number of rotatable bonds is 3. The maximum atomic E-state index is 11.9. The molecule has 100 valence electrons. The molecule has 0 bridgehead atoms. The lowest BCUT2D eigenvalue weighted by molar-refractivity contribution is -0.117. The number of hydrogen-bond donors (Lipinski definition) is 0. The molecule has 0 N–H and O–H groups in total. The molecular formula is C10H9ClN4O3S. The van der Waals surface area contributed by atoms with E-state index in [4.69, 9.17) is 15.9 Å². The molecule has 0 spiro atoms. The predicted molar refractivity (Wildman–Crippen MR) is 66.8 cm³/mol. The first-order chi connectivity index (χ1) is 8.90. The second kappa shape index (κ2) is 5.11. The number of anilines is 1. The summed E-state index contributed by atoms with van der Waals surface area (Å²) in [5.41, 5.74) is 0.172. The Hall–Kier alpha value is -1.72. The maximum absolute atomic E-state index is 11.9. The third-order valence-corrected chi connectivity index (χ3v) is 3.95. The van der Waals surface area contributed by atoms with Gasteiger partial charge >= 0.3 is 0 Å². The minimum absolute atomic E-state index is 0.0703. The Morgan fingerprint density at radius 2 is 2.32 bits per heavy atom. The third kappa shape index (κ3) is 3.19. The van der Waals surface area contributed by atoms with Crippen LogP contribution in [0.3, 0.4) is 0 Å². The summed E-state index contributed by atoms with van der Waals surface area (Å²) in [6.07, 6.45) is 2.61. The Balaban J connectivity index is 2.24. The molecule has 9 heteroatoms. The van der Waals surface area contributed by atoms with E-state index in [1.807, 2.05) is 6.07 Å². The van der Waals surface area contributed by atoms with Crippen LogP contribution in [0.15, 0.2) is 12.5 Å². The Kier molecular flexibility index (Phi) is 3.68.